The van der Waals surface area contributed by atoms with E-state index in [-0.39, 0.29) is 0 Å². The van der Waals surface area contributed by atoms with Crippen molar-refractivity contribution in [1.82, 2.24) is 5.32 Å². The molecule has 92 valence electrons. The van der Waals surface area contributed by atoms with Crippen LogP contribution in [0.1, 0.15) is 37.9 Å². The van der Waals surface area contributed by atoms with E-state index in [1.54, 1.807) is 6.26 Å². The molecule has 3 aliphatic carbocycles. The molecule has 1 aromatic heterocycles. The predicted octanol–water partition coefficient (Wildman–Crippen LogP) is 3.19. The molecule has 0 amide bonds. The Bertz CT molecular complexity index is 386. The Morgan fingerprint density at radius 1 is 1.18 bits per heavy atom. The van der Waals surface area contributed by atoms with Crippen LogP contribution in [-0.2, 0) is 6.54 Å². The lowest BCUT2D eigenvalue weighted by Crippen LogP contribution is -2.38. The minimum Gasteiger partial charge on any atom is -0.468 e. The Balaban J connectivity index is 1.41. The van der Waals surface area contributed by atoms with Crippen LogP contribution in [0.5, 0.6) is 0 Å². The Labute approximate surface area is 103 Å². The molecular formula is C15H21NO. The van der Waals surface area contributed by atoms with E-state index in [0.717, 1.165) is 42.0 Å². The SMILES string of the molecule is c1coc(CN[C@@H]2C[C@@H]3C[C@H]2[C@@H]2CCC[C@H]32)c1. The highest BCUT2D eigenvalue weighted by Crippen LogP contribution is 2.58. The highest BCUT2D eigenvalue weighted by atomic mass is 16.3. The number of rotatable bonds is 3. The van der Waals surface area contributed by atoms with E-state index in [2.05, 4.69) is 11.4 Å². The van der Waals surface area contributed by atoms with E-state index in [0.29, 0.717) is 0 Å². The fourth-order valence-corrected chi connectivity index (χ4v) is 4.95. The summed E-state index contributed by atoms with van der Waals surface area (Å²) in [7, 11) is 0. The Kier molecular flexibility index (Phi) is 2.32. The van der Waals surface area contributed by atoms with Gasteiger partial charge in [0.05, 0.1) is 12.8 Å². The molecular weight excluding hydrogens is 210 g/mol. The molecule has 3 fully saturated rings. The summed E-state index contributed by atoms with van der Waals surface area (Å²) >= 11 is 0. The zero-order valence-corrected chi connectivity index (χ0v) is 10.3. The van der Waals surface area contributed by atoms with Gasteiger partial charge in [0, 0.05) is 6.04 Å². The molecule has 0 aliphatic heterocycles. The average Bonchev–Trinajstić information content (AvgIpc) is 3.08. The first-order valence-electron chi connectivity index (χ1n) is 7.17. The first kappa shape index (κ1) is 10.2. The van der Waals surface area contributed by atoms with Crippen molar-refractivity contribution in [3.63, 3.8) is 0 Å². The number of fused-ring (bicyclic) bond motifs is 5. The van der Waals surface area contributed by atoms with Gasteiger partial charge >= 0.3 is 0 Å². The molecule has 2 heteroatoms. The van der Waals surface area contributed by atoms with Crippen molar-refractivity contribution in [2.75, 3.05) is 0 Å². The molecule has 4 rings (SSSR count). The summed E-state index contributed by atoms with van der Waals surface area (Å²) in [6.45, 7) is 0.915. The predicted molar refractivity (Wildman–Crippen MR) is 66.4 cm³/mol. The molecule has 1 aromatic rings. The van der Waals surface area contributed by atoms with E-state index in [9.17, 15) is 0 Å². The summed E-state index contributed by atoms with van der Waals surface area (Å²) in [4.78, 5) is 0. The first-order valence-corrected chi connectivity index (χ1v) is 7.17. The van der Waals surface area contributed by atoms with E-state index in [1.807, 2.05) is 6.07 Å². The Morgan fingerprint density at radius 2 is 2.12 bits per heavy atom. The van der Waals surface area contributed by atoms with Crippen molar-refractivity contribution < 1.29 is 4.42 Å². The molecule has 2 bridgehead atoms. The second-order valence-corrected chi connectivity index (χ2v) is 6.22. The Morgan fingerprint density at radius 3 is 3.00 bits per heavy atom. The van der Waals surface area contributed by atoms with E-state index < -0.39 is 0 Å². The largest absolute Gasteiger partial charge is 0.468 e. The van der Waals surface area contributed by atoms with Crippen LogP contribution in [0.3, 0.4) is 0 Å². The third kappa shape index (κ3) is 1.57. The molecule has 0 saturated heterocycles. The monoisotopic (exact) mass is 231 g/mol. The molecule has 1 N–H and O–H groups in total. The average molecular weight is 231 g/mol. The van der Waals surface area contributed by atoms with E-state index in [4.69, 9.17) is 4.42 Å². The summed E-state index contributed by atoms with van der Waals surface area (Å²) < 4.78 is 5.40. The van der Waals surface area contributed by atoms with Crippen molar-refractivity contribution in [1.29, 1.82) is 0 Å². The van der Waals surface area contributed by atoms with Gasteiger partial charge in [-0.15, -0.1) is 0 Å². The summed E-state index contributed by atoms with van der Waals surface area (Å²) in [5.74, 6) is 5.25. The molecule has 2 nitrogen and oxygen atoms in total. The van der Waals surface area contributed by atoms with Crippen molar-refractivity contribution in [2.24, 2.45) is 23.7 Å². The second-order valence-electron chi connectivity index (χ2n) is 6.22. The molecule has 17 heavy (non-hydrogen) atoms. The molecule has 0 spiro atoms. The quantitative estimate of drug-likeness (QED) is 0.864. The van der Waals surface area contributed by atoms with Crippen LogP contribution in [0.15, 0.2) is 22.8 Å². The van der Waals surface area contributed by atoms with Crippen LogP contribution in [0.25, 0.3) is 0 Å². The van der Waals surface area contributed by atoms with Crippen molar-refractivity contribution in [2.45, 2.75) is 44.7 Å². The molecule has 5 atom stereocenters. The van der Waals surface area contributed by atoms with Gasteiger partial charge in [-0.2, -0.15) is 0 Å². The van der Waals surface area contributed by atoms with Crippen molar-refractivity contribution >= 4 is 0 Å². The smallest absolute Gasteiger partial charge is 0.117 e. The van der Waals surface area contributed by atoms with Crippen LogP contribution in [-0.4, -0.2) is 6.04 Å². The summed E-state index contributed by atoms with van der Waals surface area (Å²) in [5.41, 5.74) is 0. The standard InChI is InChI=1S/C15H21NO/c1-4-12-10-7-14(13(12)5-1)15(8-10)16-9-11-3-2-6-17-11/h2-3,6,10,12-16H,1,4-5,7-9H2/t10-,12+,13+,14-,15+/m0/s1. The van der Waals surface area contributed by atoms with Crippen LogP contribution < -0.4 is 5.32 Å². The molecule has 3 saturated carbocycles. The van der Waals surface area contributed by atoms with E-state index in [1.165, 1.54) is 32.1 Å². The van der Waals surface area contributed by atoms with Gasteiger partial charge in [-0.3, -0.25) is 0 Å². The maximum atomic E-state index is 5.40. The van der Waals surface area contributed by atoms with Crippen molar-refractivity contribution in [3.05, 3.63) is 24.2 Å². The fourth-order valence-electron chi connectivity index (χ4n) is 4.95. The van der Waals surface area contributed by atoms with E-state index >= 15 is 0 Å². The van der Waals surface area contributed by atoms with Gasteiger partial charge in [-0.05, 0) is 61.5 Å². The minimum absolute atomic E-state index is 0.768. The van der Waals surface area contributed by atoms with Gasteiger partial charge in [0.25, 0.3) is 0 Å². The molecule has 0 aromatic carbocycles. The number of hydrogen-bond donors (Lipinski definition) is 1. The first-order chi connectivity index (χ1) is 8.42. The van der Waals surface area contributed by atoms with Crippen molar-refractivity contribution in [3.8, 4) is 0 Å². The van der Waals surface area contributed by atoms with Crippen LogP contribution in [0.2, 0.25) is 0 Å². The molecule has 1 heterocycles. The van der Waals surface area contributed by atoms with Gasteiger partial charge in [0.1, 0.15) is 5.76 Å². The van der Waals surface area contributed by atoms with Crippen LogP contribution in [0.4, 0.5) is 0 Å². The number of nitrogens with one attached hydrogen (secondary N) is 1. The highest BCUT2D eigenvalue weighted by molar-refractivity contribution is 5.06. The highest BCUT2D eigenvalue weighted by Gasteiger charge is 2.53. The number of hydrogen-bond acceptors (Lipinski definition) is 2. The fraction of sp³-hybridized carbons (Fsp3) is 0.733. The summed E-state index contributed by atoms with van der Waals surface area (Å²) in [5, 5.41) is 3.73. The lowest BCUT2D eigenvalue weighted by Gasteiger charge is -2.32. The van der Waals surface area contributed by atoms with Gasteiger partial charge in [-0.25, -0.2) is 0 Å². The van der Waals surface area contributed by atoms with Gasteiger partial charge < -0.3 is 9.73 Å². The third-order valence-corrected chi connectivity index (χ3v) is 5.55. The summed E-state index contributed by atoms with van der Waals surface area (Å²) in [6, 6.07) is 4.81. The topological polar surface area (TPSA) is 25.2 Å². The minimum atomic E-state index is 0.768. The lowest BCUT2D eigenvalue weighted by molar-refractivity contribution is 0.205. The molecule has 0 unspecified atom stereocenters. The van der Waals surface area contributed by atoms with Crippen LogP contribution in [0, 0.1) is 23.7 Å². The summed E-state index contributed by atoms with van der Waals surface area (Å²) in [6.07, 6.45) is 9.22. The zero-order chi connectivity index (χ0) is 11.2. The number of furan rings is 1. The van der Waals surface area contributed by atoms with Gasteiger partial charge in [0.2, 0.25) is 0 Å². The van der Waals surface area contributed by atoms with Gasteiger partial charge in [-0.1, -0.05) is 6.42 Å². The third-order valence-electron chi connectivity index (χ3n) is 5.55. The van der Waals surface area contributed by atoms with Gasteiger partial charge in [0.15, 0.2) is 0 Å². The van der Waals surface area contributed by atoms with Crippen LogP contribution >= 0.6 is 0 Å². The lowest BCUT2D eigenvalue weighted by atomic mass is 9.79. The second kappa shape index (κ2) is 3.88. The zero-order valence-electron chi connectivity index (χ0n) is 10.3. The maximum absolute atomic E-state index is 5.40. The maximum Gasteiger partial charge on any atom is 0.117 e. The molecule has 3 aliphatic rings. The molecule has 0 radical (unpaired) electrons. The Hall–Kier alpha value is -0.760. The normalized spacial score (nSPS) is 43.2.